The molecule has 3 unspecified atom stereocenters. The van der Waals surface area contributed by atoms with Crippen LogP contribution in [0.2, 0.25) is 0 Å². The van der Waals surface area contributed by atoms with Crippen molar-refractivity contribution >= 4 is 5.91 Å². The number of hydrogen-bond acceptors (Lipinski definition) is 1. The summed E-state index contributed by atoms with van der Waals surface area (Å²) in [5, 5.41) is 3.27. The van der Waals surface area contributed by atoms with Crippen molar-refractivity contribution in [3.05, 3.63) is 35.4 Å². The number of carbonyl (C=O) groups is 1. The quantitative estimate of drug-likeness (QED) is 0.866. The molecule has 0 radical (unpaired) electrons. The Morgan fingerprint density at radius 3 is 2.68 bits per heavy atom. The zero-order chi connectivity index (χ0) is 13.2. The highest BCUT2D eigenvalue weighted by atomic mass is 16.1. The highest BCUT2D eigenvalue weighted by molar-refractivity contribution is 5.79. The van der Waals surface area contributed by atoms with Gasteiger partial charge < -0.3 is 5.32 Å². The van der Waals surface area contributed by atoms with Crippen molar-refractivity contribution in [2.45, 2.75) is 51.5 Å². The second-order valence-electron chi connectivity index (χ2n) is 6.33. The summed E-state index contributed by atoms with van der Waals surface area (Å²) in [6.07, 6.45) is 6.56. The van der Waals surface area contributed by atoms with E-state index >= 15 is 0 Å². The van der Waals surface area contributed by atoms with Crippen LogP contribution in [-0.4, -0.2) is 11.9 Å². The normalized spacial score (nSPS) is 29.8. The van der Waals surface area contributed by atoms with Gasteiger partial charge >= 0.3 is 0 Å². The van der Waals surface area contributed by atoms with E-state index in [2.05, 4.69) is 36.5 Å². The van der Waals surface area contributed by atoms with E-state index in [1.165, 1.54) is 17.5 Å². The van der Waals surface area contributed by atoms with Crippen LogP contribution in [-0.2, 0) is 17.6 Å². The SMILES string of the molecule is CC1CCC(NC(=O)C2CCc3ccccc3C2)C1. The number of hydrogen-bond donors (Lipinski definition) is 1. The van der Waals surface area contributed by atoms with E-state index in [-0.39, 0.29) is 11.8 Å². The molecule has 1 amide bonds. The monoisotopic (exact) mass is 257 g/mol. The van der Waals surface area contributed by atoms with Crippen LogP contribution in [0.3, 0.4) is 0 Å². The molecule has 1 aromatic carbocycles. The molecule has 2 heteroatoms. The zero-order valence-electron chi connectivity index (χ0n) is 11.7. The van der Waals surface area contributed by atoms with E-state index in [9.17, 15) is 4.79 Å². The molecule has 2 nitrogen and oxygen atoms in total. The van der Waals surface area contributed by atoms with Crippen LogP contribution in [0, 0.1) is 11.8 Å². The maximum Gasteiger partial charge on any atom is 0.223 e. The summed E-state index contributed by atoms with van der Waals surface area (Å²) < 4.78 is 0. The zero-order valence-corrected chi connectivity index (χ0v) is 11.7. The van der Waals surface area contributed by atoms with Crippen molar-refractivity contribution < 1.29 is 4.79 Å². The van der Waals surface area contributed by atoms with E-state index < -0.39 is 0 Å². The van der Waals surface area contributed by atoms with Gasteiger partial charge in [-0.3, -0.25) is 4.79 Å². The van der Waals surface area contributed by atoms with Crippen molar-refractivity contribution in [3.63, 3.8) is 0 Å². The van der Waals surface area contributed by atoms with Crippen LogP contribution < -0.4 is 5.32 Å². The van der Waals surface area contributed by atoms with Crippen LogP contribution in [0.25, 0.3) is 0 Å². The van der Waals surface area contributed by atoms with Gasteiger partial charge in [-0.05, 0) is 55.6 Å². The molecule has 2 aliphatic rings. The first-order valence-electron chi connectivity index (χ1n) is 7.59. The minimum absolute atomic E-state index is 0.186. The first-order chi connectivity index (χ1) is 9.22. The fourth-order valence-corrected chi connectivity index (χ4v) is 3.58. The molecule has 1 N–H and O–H groups in total. The highest BCUT2D eigenvalue weighted by Crippen LogP contribution is 2.28. The largest absolute Gasteiger partial charge is 0.353 e. The summed E-state index contributed by atoms with van der Waals surface area (Å²) in [6, 6.07) is 8.98. The Balaban J connectivity index is 1.60. The standard InChI is InChI=1S/C17H23NO/c1-12-6-9-16(10-12)18-17(19)15-8-7-13-4-2-3-5-14(13)11-15/h2-5,12,15-16H,6-11H2,1H3,(H,18,19). The van der Waals surface area contributed by atoms with Gasteiger partial charge in [0.15, 0.2) is 0 Å². The van der Waals surface area contributed by atoms with E-state index in [0.717, 1.165) is 38.0 Å². The number of fused-ring (bicyclic) bond motifs is 1. The summed E-state index contributed by atoms with van der Waals surface area (Å²) in [7, 11) is 0. The van der Waals surface area contributed by atoms with Crippen molar-refractivity contribution in [1.29, 1.82) is 0 Å². The lowest BCUT2D eigenvalue weighted by molar-refractivity contribution is -0.126. The van der Waals surface area contributed by atoms with Crippen LogP contribution >= 0.6 is 0 Å². The average Bonchev–Trinajstić information content (AvgIpc) is 2.83. The van der Waals surface area contributed by atoms with Gasteiger partial charge in [-0.1, -0.05) is 31.2 Å². The Morgan fingerprint density at radius 1 is 1.16 bits per heavy atom. The maximum atomic E-state index is 12.4. The number of aryl methyl sites for hydroxylation is 1. The second kappa shape index (κ2) is 5.36. The second-order valence-corrected chi connectivity index (χ2v) is 6.33. The molecule has 3 atom stereocenters. The van der Waals surface area contributed by atoms with E-state index in [1.54, 1.807) is 0 Å². The first kappa shape index (κ1) is 12.7. The lowest BCUT2D eigenvalue weighted by Crippen LogP contribution is -2.39. The Kier molecular flexibility index (Phi) is 3.58. The molecule has 0 bridgehead atoms. The summed E-state index contributed by atoms with van der Waals surface area (Å²) in [5.41, 5.74) is 2.80. The molecule has 1 saturated carbocycles. The van der Waals surface area contributed by atoms with Gasteiger partial charge in [-0.15, -0.1) is 0 Å². The lowest BCUT2D eigenvalue weighted by Gasteiger charge is -2.25. The van der Waals surface area contributed by atoms with Crippen molar-refractivity contribution in [2.24, 2.45) is 11.8 Å². The Bertz CT molecular complexity index is 468. The first-order valence-corrected chi connectivity index (χ1v) is 7.59. The van der Waals surface area contributed by atoms with Crippen LogP contribution in [0.4, 0.5) is 0 Å². The van der Waals surface area contributed by atoms with Crippen LogP contribution in [0.1, 0.15) is 43.7 Å². The van der Waals surface area contributed by atoms with Gasteiger partial charge in [0.2, 0.25) is 5.91 Å². The molecule has 1 fully saturated rings. The summed E-state index contributed by atoms with van der Waals surface area (Å²) in [4.78, 5) is 12.4. The molecule has 3 rings (SSSR count). The average molecular weight is 257 g/mol. The van der Waals surface area contributed by atoms with Gasteiger partial charge in [-0.25, -0.2) is 0 Å². The molecule has 0 saturated heterocycles. The molecule has 2 aliphatic carbocycles. The topological polar surface area (TPSA) is 29.1 Å². The molecule has 0 aliphatic heterocycles. The number of nitrogens with one attached hydrogen (secondary N) is 1. The maximum absolute atomic E-state index is 12.4. The minimum atomic E-state index is 0.186. The highest BCUT2D eigenvalue weighted by Gasteiger charge is 2.28. The Hall–Kier alpha value is -1.31. The molecule has 102 valence electrons. The Labute approximate surface area is 115 Å². The van der Waals surface area contributed by atoms with Gasteiger partial charge in [0, 0.05) is 12.0 Å². The van der Waals surface area contributed by atoms with E-state index in [0.29, 0.717) is 6.04 Å². The van der Waals surface area contributed by atoms with Crippen molar-refractivity contribution in [3.8, 4) is 0 Å². The third-order valence-electron chi connectivity index (χ3n) is 4.76. The van der Waals surface area contributed by atoms with Gasteiger partial charge in [-0.2, -0.15) is 0 Å². The third-order valence-corrected chi connectivity index (χ3v) is 4.76. The van der Waals surface area contributed by atoms with E-state index in [1.807, 2.05) is 0 Å². The molecule has 0 heterocycles. The number of amides is 1. The number of carbonyl (C=O) groups excluding carboxylic acids is 1. The molecule has 19 heavy (non-hydrogen) atoms. The van der Waals surface area contributed by atoms with Crippen LogP contribution in [0.15, 0.2) is 24.3 Å². The van der Waals surface area contributed by atoms with Crippen molar-refractivity contribution in [2.75, 3.05) is 0 Å². The summed E-state index contributed by atoms with van der Waals surface area (Å²) in [5.74, 6) is 1.25. The fourth-order valence-electron chi connectivity index (χ4n) is 3.58. The van der Waals surface area contributed by atoms with Crippen LogP contribution in [0.5, 0.6) is 0 Å². The minimum Gasteiger partial charge on any atom is -0.353 e. The number of rotatable bonds is 2. The van der Waals surface area contributed by atoms with Gasteiger partial charge in [0.25, 0.3) is 0 Å². The molecule has 0 aromatic heterocycles. The smallest absolute Gasteiger partial charge is 0.223 e. The molecular formula is C17H23NO. The van der Waals surface area contributed by atoms with Gasteiger partial charge in [0.1, 0.15) is 0 Å². The Morgan fingerprint density at radius 2 is 1.95 bits per heavy atom. The summed E-state index contributed by atoms with van der Waals surface area (Å²) >= 11 is 0. The lowest BCUT2D eigenvalue weighted by atomic mass is 9.83. The predicted molar refractivity (Wildman–Crippen MR) is 76.9 cm³/mol. The molecule has 1 aromatic rings. The van der Waals surface area contributed by atoms with Crippen molar-refractivity contribution in [1.82, 2.24) is 5.32 Å². The summed E-state index contributed by atoms with van der Waals surface area (Å²) in [6.45, 7) is 2.28. The molecule has 0 spiro atoms. The fraction of sp³-hybridized carbons (Fsp3) is 0.588. The molecular weight excluding hydrogens is 234 g/mol. The third kappa shape index (κ3) is 2.83. The van der Waals surface area contributed by atoms with E-state index in [4.69, 9.17) is 0 Å². The van der Waals surface area contributed by atoms with Gasteiger partial charge in [0.05, 0.1) is 0 Å². The number of benzene rings is 1. The predicted octanol–water partition coefficient (Wildman–Crippen LogP) is 3.10.